The Hall–Kier alpha value is -0.870. The molecule has 1 N–H and O–H groups in total. The van der Waals surface area contributed by atoms with Crippen LogP contribution in [0.3, 0.4) is 0 Å². The fraction of sp³-hybridized carbons (Fsp3) is 0.462. The van der Waals surface area contributed by atoms with E-state index in [1.165, 1.54) is 0 Å². The lowest BCUT2D eigenvalue weighted by Crippen LogP contribution is -2.42. The number of halogens is 1. The van der Waals surface area contributed by atoms with Crippen LogP contribution in [0.4, 0.5) is 5.69 Å². The quantitative estimate of drug-likeness (QED) is 0.863. The minimum absolute atomic E-state index is 0.191. The van der Waals surface area contributed by atoms with Crippen LogP contribution in [0.5, 0.6) is 0 Å². The first-order valence-electron chi connectivity index (χ1n) is 5.94. The lowest BCUT2D eigenvalue weighted by atomic mass is 10.1. The summed E-state index contributed by atoms with van der Waals surface area (Å²) in [5, 5.41) is 3.29. The minimum atomic E-state index is 0.191. The third-order valence-electron chi connectivity index (χ3n) is 2.95. The Morgan fingerprint density at radius 1 is 1.41 bits per heavy atom. The third kappa shape index (κ3) is 3.07. The Morgan fingerprint density at radius 2 is 2.18 bits per heavy atom. The van der Waals surface area contributed by atoms with Gasteiger partial charge in [-0.25, -0.2) is 0 Å². The van der Waals surface area contributed by atoms with Crippen LogP contribution in [0.2, 0.25) is 0 Å². The van der Waals surface area contributed by atoms with Gasteiger partial charge in [0.2, 0.25) is 5.91 Å². The molecule has 0 aromatic heterocycles. The zero-order valence-electron chi connectivity index (χ0n) is 9.95. The van der Waals surface area contributed by atoms with Crippen LogP contribution in [0, 0.1) is 5.92 Å². The van der Waals surface area contributed by atoms with E-state index in [1.807, 2.05) is 29.2 Å². The van der Waals surface area contributed by atoms with Crippen LogP contribution in [0.1, 0.15) is 13.3 Å². The summed E-state index contributed by atoms with van der Waals surface area (Å²) in [6.07, 6.45) is 0.564. The summed E-state index contributed by atoms with van der Waals surface area (Å²) in [4.78, 5) is 14.0. The molecule has 0 bridgehead atoms. The highest BCUT2D eigenvalue weighted by Gasteiger charge is 2.21. The van der Waals surface area contributed by atoms with Gasteiger partial charge in [0, 0.05) is 24.0 Å². The second-order valence-electron chi connectivity index (χ2n) is 4.52. The predicted octanol–water partition coefficient (Wildman–Crippen LogP) is 2.41. The number of benzene rings is 1. The van der Waals surface area contributed by atoms with Gasteiger partial charge in [-0.3, -0.25) is 4.79 Å². The Labute approximate surface area is 110 Å². The van der Waals surface area contributed by atoms with E-state index < -0.39 is 0 Å². The molecule has 0 radical (unpaired) electrons. The molecule has 17 heavy (non-hydrogen) atoms. The average Bonchev–Trinajstić information content (AvgIpc) is 2.31. The Balaban J connectivity index is 2.26. The maximum Gasteiger partial charge on any atom is 0.228 e. The van der Waals surface area contributed by atoms with Crippen molar-refractivity contribution in [3.05, 3.63) is 28.7 Å². The smallest absolute Gasteiger partial charge is 0.228 e. The standard InChI is InChI=1S/C13H17BrN2O/c1-10-8-15-7-6-13(17)16(9-10)12-5-3-2-4-11(12)14/h2-5,10,15H,6-9H2,1H3. The van der Waals surface area contributed by atoms with Crippen molar-refractivity contribution < 1.29 is 4.79 Å². The second kappa shape index (κ2) is 5.65. The van der Waals surface area contributed by atoms with Crippen molar-refractivity contribution in [1.82, 2.24) is 5.32 Å². The van der Waals surface area contributed by atoms with E-state index in [0.717, 1.165) is 29.8 Å². The molecule has 1 atom stereocenters. The van der Waals surface area contributed by atoms with E-state index in [0.29, 0.717) is 12.3 Å². The largest absolute Gasteiger partial charge is 0.316 e. The number of amides is 1. The molecule has 1 fully saturated rings. The second-order valence-corrected chi connectivity index (χ2v) is 5.37. The maximum absolute atomic E-state index is 12.1. The van der Waals surface area contributed by atoms with Crippen molar-refractivity contribution in [2.75, 3.05) is 24.5 Å². The molecular formula is C13H17BrN2O. The topological polar surface area (TPSA) is 32.3 Å². The zero-order valence-corrected chi connectivity index (χ0v) is 11.5. The fourth-order valence-electron chi connectivity index (χ4n) is 2.06. The van der Waals surface area contributed by atoms with Gasteiger partial charge in [-0.15, -0.1) is 0 Å². The first-order valence-corrected chi connectivity index (χ1v) is 6.73. The molecule has 4 heteroatoms. The highest BCUT2D eigenvalue weighted by molar-refractivity contribution is 9.10. The van der Waals surface area contributed by atoms with Crippen molar-refractivity contribution in [3.8, 4) is 0 Å². The fourth-order valence-corrected chi connectivity index (χ4v) is 2.56. The molecule has 1 aromatic rings. The molecule has 1 heterocycles. The molecule has 92 valence electrons. The number of carbonyl (C=O) groups is 1. The van der Waals surface area contributed by atoms with E-state index >= 15 is 0 Å². The monoisotopic (exact) mass is 296 g/mol. The molecule has 1 aromatic carbocycles. The van der Waals surface area contributed by atoms with Crippen LogP contribution in [-0.2, 0) is 4.79 Å². The van der Waals surface area contributed by atoms with Crippen molar-refractivity contribution in [2.24, 2.45) is 5.92 Å². The molecule has 1 aliphatic heterocycles. The molecule has 1 aliphatic rings. The Kier molecular flexibility index (Phi) is 4.18. The van der Waals surface area contributed by atoms with E-state index in [1.54, 1.807) is 0 Å². The summed E-state index contributed by atoms with van der Waals surface area (Å²) in [6.45, 7) is 4.67. The van der Waals surface area contributed by atoms with Gasteiger partial charge in [-0.05, 0) is 40.5 Å². The number of para-hydroxylation sites is 1. The zero-order chi connectivity index (χ0) is 12.3. The number of anilines is 1. The van der Waals surface area contributed by atoms with E-state index in [4.69, 9.17) is 0 Å². The van der Waals surface area contributed by atoms with Gasteiger partial charge in [0.05, 0.1) is 5.69 Å². The molecule has 3 nitrogen and oxygen atoms in total. The third-order valence-corrected chi connectivity index (χ3v) is 3.62. The van der Waals surface area contributed by atoms with Crippen LogP contribution in [0.15, 0.2) is 28.7 Å². The van der Waals surface area contributed by atoms with Gasteiger partial charge < -0.3 is 10.2 Å². The van der Waals surface area contributed by atoms with Crippen LogP contribution < -0.4 is 10.2 Å². The van der Waals surface area contributed by atoms with Gasteiger partial charge in [-0.2, -0.15) is 0 Å². The van der Waals surface area contributed by atoms with Crippen LogP contribution >= 0.6 is 15.9 Å². The summed E-state index contributed by atoms with van der Waals surface area (Å²) in [5.41, 5.74) is 0.978. The van der Waals surface area contributed by atoms with Crippen molar-refractivity contribution in [1.29, 1.82) is 0 Å². The summed E-state index contributed by atoms with van der Waals surface area (Å²) in [7, 11) is 0. The van der Waals surface area contributed by atoms with Gasteiger partial charge in [0.1, 0.15) is 0 Å². The molecule has 0 spiro atoms. The summed E-state index contributed by atoms with van der Waals surface area (Å²) in [6, 6.07) is 7.90. The van der Waals surface area contributed by atoms with E-state index in [-0.39, 0.29) is 5.91 Å². The Bertz CT molecular complexity index is 408. The van der Waals surface area contributed by atoms with Crippen LogP contribution in [0.25, 0.3) is 0 Å². The first-order chi connectivity index (χ1) is 8.18. The van der Waals surface area contributed by atoms with Gasteiger partial charge in [0.15, 0.2) is 0 Å². The van der Waals surface area contributed by atoms with Gasteiger partial charge in [0.25, 0.3) is 0 Å². The van der Waals surface area contributed by atoms with Crippen molar-refractivity contribution in [3.63, 3.8) is 0 Å². The average molecular weight is 297 g/mol. The van der Waals surface area contributed by atoms with E-state index in [9.17, 15) is 4.79 Å². The predicted molar refractivity (Wildman–Crippen MR) is 73.1 cm³/mol. The number of carbonyl (C=O) groups excluding carboxylic acids is 1. The molecule has 0 saturated carbocycles. The lowest BCUT2D eigenvalue weighted by Gasteiger charge is -2.29. The first kappa shape index (κ1) is 12.6. The minimum Gasteiger partial charge on any atom is -0.316 e. The number of nitrogens with one attached hydrogen (secondary N) is 1. The van der Waals surface area contributed by atoms with Crippen molar-refractivity contribution in [2.45, 2.75) is 13.3 Å². The molecule has 2 rings (SSSR count). The van der Waals surface area contributed by atoms with Gasteiger partial charge >= 0.3 is 0 Å². The highest BCUT2D eigenvalue weighted by Crippen LogP contribution is 2.27. The molecule has 0 aliphatic carbocycles. The van der Waals surface area contributed by atoms with Gasteiger partial charge in [-0.1, -0.05) is 19.1 Å². The maximum atomic E-state index is 12.1. The number of hydrogen-bond donors (Lipinski definition) is 1. The molecule has 1 unspecified atom stereocenters. The highest BCUT2D eigenvalue weighted by atomic mass is 79.9. The summed E-state index contributed by atoms with van der Waals surface area (Å²) < 4.78 is 0.981. The molecular weight excluding hydrogens is 280 g/mol. The number of hydrogen-bond acceptors (Lipinski definition) is 2. The summed E-state index contributed by atoms with van der Waals surface area (Å²) >= 11 is 3.51. The van der Waals surface area contributed by atoms with Crippen LogP contribution in [-0.4, -0.2) is 25.5 Å². The SMILES string of the molecule is CC1CNCCC(=O)N(c2ccccc2Br)C1. The number of rotatable bonds is 1. The lowest BCUT2D eigenvalue weighted by molar-refractivity contribution is -0.118. The summed E-state index contributed by atoms with van der Waals surface area (Å²) in [5.74, 6) is 0.655. The number of nitrogens with zero attached hydrogens (tertiary/aromatic N) is 1. The molecule has 1 amide bonds. The van der Waals surface area contributed by atoms with Crippen molar-refractivity contribution >= 4 is 27.5 Å². The van der Waals surface area contributed by atoms with E-state index in [2.05, 4.69) is 28.2 Å². The normalized spacial score (nSPS) is 22.1. The molecule has 1 saturated heterocycles. The Morgan fingerprint density at radius 3 is 2.94 bits per heavy atom.